The zero-order chi connectivity index (χ0) is 12.6. The van der Waals surface area contributed by atoms with E-state index in [2.05, 4.69) is 31.9 Å². The molecule has 0 amide bonds. The Morgan fingerprint density at radius 3 is 2.38 bits per heavy atom. The van der Waals surface area contributed by atoms with Crippen molar-refractivity contribution in [2.24, 2.45) is 0 Å². The van der Waals surface area contributed by atoms with Crippen molar-refractivity contribution >= 4 is 41.7 Å². The van der Waals surface area contributed by atoms with E-state index in [0.717, 1.165) is 11.8 Å². The van der Waals surface area contributed by atoms with Gasteiger partial charge in [0, 0.05) is 6.26 Å². The van der Waals surface area contributed by atoms with Gasteiger partial charge in [-0.25, -0.2) is 8.42 Å². The fourth-order valence-corrected chi connectivity index (χ4v) is 2.31. The fraction of sp³-hybridized carbons (Fsp3) is 0.400. The number of benzene rings is 1. The Labute approximate surface area is 112 Å². The van der Waals surface area contributed by atoms with E-state index in [0.29, 0.717) is 5.56 Å². The molecule has 0 saturated carbocycles. The lowest BCUT2D eigenvalue weighted by Crippen LogP contribution is -2.31. The van der Waals surface area contributed by atoms with Gasteiger partial charge in [-0.1, -0.05) is 61.7 Å². The van der Waals surface area contributed by atoms with Crippen LogP contribution < -0.4 is 0 Å². The van der Waals surface area contributed by atoms with E-state index in [1.54, 1.807) is 18.2 Å². The third-order valence-electron chi connectivity index (χ3n) is 2.17. The lowest BCUT2D eigenvalue weighted by Gasteiger charge is -2.25. The summed E-state index contributed by atoms with van der Waals surface area (Å²) in [5.41, 5.74) is 1.50. The van der Waals surface area contributed by atoms with E-state index in [4.69, 9.17) is 0 Å². The highest BCUT2D eigenvalue weighted by Gasteiger charge is 2.43. The quantitative estimate of drug-likeness (QED) is 0.830. The first-order valence-corrected chi connectivity index (χ1v) is 7.96. The SMILES string of the molecule is Cc1cccc([C@@H](O)C(Br)(Br)S(C)(=O)=O)c1. The third-order valence-corrected chi connectivity index (χ3v) is 7.78. The van der Waals surface area contributed by atoms with Crippen LogP contribution in [0.15, 0.2) is 24.3 Å². The summed E-state index contributed by atoms with van der Waals surface area (Å²) in [6.07, 6.45) is -0.127. The number of aliphatic hydroxyl groups excluding tert-OH is 1. The molecule has 0 unspecified atom stereocenters. The molecule has 1 atom stereocenters. The summed E-state index contributed by atoms with van der Waals surface area (Å²) >= 11 is 6.02. The van der Waals surface area contributed by atoms with Crippen LogP contribution in [0.3, 0.4) is 0 Å². The van der Waals surface area contributed by atoms with Crippen LogP contribution in [0, 0.1) is 6.92 Å². The Bertz CT molecular complexity index is 483. The van der Waals surface area contributed by atoms with Gasteiger partial charge >= 0.3 is 0 Å². The van der Waals surface area contributed by atoms with Crippen LogP contribution >= 0.6 is 31.9 Å². The van der Waals surface area contributed by atoms with Gasteiger partial charge in [0.15, 0.2) is 9.84 Å². The monoisotopic (exact) mass is 370 g/mol. The van der Waals surface area contributed by atoms with Gasteiger partial charge in [-0.2, -0.15) is 0 Å². The molecule has 3 nitrogen and oxygen atoms in total. The summed E-state index contributed by atoms with van der Waals surface area (Å²) < 4.78 is 21.4. The van der Waals surface area contributed by atoms with Crippen molar-refractivity contribution in [2.45, 2.75) is 15.6 Å². The number of sulfone groups is 1. The molecule has 0 radical (unpaired) electrons. The first-order valence-electron chi connectivity index (χ1n) is 4.48. The minimum Gasteiger partial charge on any atom is -0.385 e. The molecule has 0 spiro atoms. The van der Waals surface area contributed by atoms with Gasteiger partial charge in [0.2, 0.25) is 2.57 Å². The van der Waals surface area contributed by atoms with E-state index in [9.17, 15) is 13.5 Å². The average Bonchev–Trinajstić information content (AvgIpc) is 2.14. The number of hydrogen-bond donors (Lipinski definition) is 1. The van der Waals surface area contributed by atoms with Crippen LogP contribution in [0.1, 0.15) is 17.2 Å². The molecule has 90 valence electrons. The minimum absolute atomic E-state index is 0.541. The van der Waals surface area contributed by atoms with Gasteiger partial charge in [0.25, 0.3) is 0 Å². The topological polar surface area (TPSA) is 54.4 Å². The molecule has 0 aliphatic heterocycles. The summed E-state index contributed by atoms with van der Waals surface area (Å²) in [5, 5.41) is 10.0. The van der Waals surface area contributed by atoms with E-state index < -0.39 is 18.5 Å². The van der Waals surface area contributed by atoms with Crippen LogP contribution in [-0.4, -0.2) is 22.3 Å². The maximum absolute atomic E-state index is 11.5. The first-order chi connectivity index (χ1) is 7.16. The van der Waals surface area contributed by atoms with Crippen LogP contribution in [0.2, 0.25) is 0 Å². The molecular weight excluding hydrogens is 360 g/mol. The van der Waals surface area contributed by atoms with Crippen molar-refractivity contribution in [3.8, 4) is 0 Å². The third kappa shape index (κ3) is 2.85. The van der Waals surface area contributed by atoms with Crippen molar-refractivity contribution in [1.29, 1.82) is 0 Å². The van der Waals surface area contributed by atoms with Crippen LogP contribution in [-0.2, 0) is 9.84 Å². The molecule has 0 heterocycles. The normalized spacial score (nSPS) is 14.8. The smallest absolute Gasteiger partial charge is 0.210 e. The Hall–Kier alpha value is 0.0900. The Morgan fingerprint density at radius 1 is 1.38 bits per heavy atom. The molecule has 1 aromatic rings. The predicted molar refractivity (Wildman–Crippen MR) is 71.6 cm³/mol. The van der Waals surface area contributed by atoms with Crippen molar-refractivity contribution in [1.82, 2.24) is 0 Å². The molecule has 1 rings (SSSR count). The van der Waals surface area contributed by atoms with Crippen LogP contribution in [0.25, 0.3) is 0 Å². The lowest BCUT2D eigenvalue weighted by atomic mass is 10.1. The largest absolute Gasteiger partial charge is 0.385 e. The van der Waals surface area contributed by atoms with E-state index in [1.165, 1.54) is 0 Å². The zero-order valence-corrected chi connectivity index (χ0v) is 12.8. The highest BCUT2D eigenvalue weighted by Crippen LogP contribution is 2.43. The van der Waals surface area contributed by atoms with E-state index >= 15 is 0 Å². The summed E-state index contributed by atoms with van der Waals surface area (Å²) in [5.74, 6) is 0. The molecule has 0 aliphatic rings. The van der Waals surface area contributed by atoms with Gasteiger partial charge in [0.1, 0.15) is 6.10 Å². The summed E-state index contributed by atoms with van der Waals surface area (Å²) in [6.45, 7) is 1.88. The molecule has 0 bridgehead atoms. The Balaban J connectivity index is 3.17. The molecule has 1 N–H and O–H groups in total. The lowest BCUT2D eigenvalue weighted by molar-refractivity contribution is 0.189. The van der Waals surface area contributed by atoms with Gasteiger partial charge in [-0.3, -0.25) is 0 Å². The first kappa shape index (κ1) is 14.2. The number of hydrogen-bond acceptors (Lipinski definition) is 3. The number of alkyl halides is 2. The average molecular weight is 372 g/mol. The highest BCUT2D eigenvalue weighted by atomic mass is 79.9. The van der Waals surface area contributed by atoms with Crippen molar-refractivity contribution in [3.05, 3.63) is 35.4 Å². The molecule has 16 heavy (non-hydrogen) atoms. The molecular formula is C10H12Br2O3S. The van der Waals surface area contributed by atoms with Crippen molar-refractivity contribution in [2.75, 3.05) is 6.26 Å². The maximum atomic E-state index is 11.5. The number of aryl methyl sites for hydroxylation is 1. The molecule has 1 aromatic carbocycles. The molecule has 6 heteroatoms. The van der Waals surface area contributed by atoms with Crippen molar-refractivity contribution < 1.29 is 13.5 Å². The summed E-state index contributed by atoms with van der Waals surface area (Å²) in [7, 11) is -3.48. The second-order valence-corrected chi connectivity index (χ2v) is 10.5. The second kappa shape index (κ2) is 4.76. The molecule has 0 saturated heterocycles. The minimum atomic E-state index is -3.48. The standard InChI is InChI=1S/C10H12Br2O3S/c1-7-4-3-5-8(6-7)9(13)10(11,12)16(2,14)15/h3-6,9,13H,1-2H3/t9-/m1/s1. The highest BCUT2D eigenvalue weighted by molar-refractivity contribution is 9.27. The molecule has 0 fully saturated rings. The molecule has 0 aliphatic carbocycles. The van der Waals surface area contributed by atoms with Gasteiger partial charge in [-0.15, -0.1) is 0 Å². The zero-order valence-electron chi connectivity index (χ0n) is 8.81. The summed E-state index contributed by atoms with van der Waals surface area (Å²) in [4.78, 5) is 0. The Morgan fingerprint density at radius 2 is 1.94 bits per heavy atom. The number of aliphatic hydroxyl groups is 1. The summed E-state index contributed by atoms with van der Waals surface area (Å²) in [6, 6.07) is 7.07. The van der Waals surface area contributed by atoms with Crippen molar-refractivity contribution in [3.63, 3.8) is 0 Å². The second-order valence-electron chi connectivity index (χ2n) is 3.65. The van der Waals surface area contributed by atoms with Crippen LogP contribution in [0.4, 0.5) is 0 Å². The molecule has 0 aromatic heterocycles. The number of rotatable bonds is 3. The van der Waals surface area contributed by atoms with Gasteiger partial charge in [0.05, 0.1) is 0 Å². The van der Waals surface area contributed by atoms with E-state index in [-0.39, 0.29) is 0 Å². The maximum Gasteiger partial charge on any atom is 0.210 e. The Kier molecular flexibility index (Phi) is 4.21. The van der Waals surface area contributed by atoms with E-state index in [1.807, 2.05) is 13.0 Å². The fourth-order valence-electron chi connectivity index (χ4n) is 1.24. The number of halogens is 2. The van der Waals surface area contributed by atoms with Gasteiger partial charge < -0.3 is 5.11 Å². The van der Waals surface area contributed by atoms with Gasteiger partial charge in [-0.05, 0) is 12.5 Å². The predicted octanol–water partition coefficient (Wildman–Crippen LogP) is 2.52. The van der Waals surface area contributed by atoms with Crippen LogP contribution in [0.5, 0.6) is 0 Å².